The molecule has 2 unspecified atom stereocenters. The summed E-state index contributed by atoms with van der Waals surface area (Å²) in [4.78, 5) is 19.3. The number of rotatable bonds is 3. The molecule has 114 valence electrons. The number of nitrogens with zero attached hydrogens (tertiary/aromatic N) is 2. The molecule has 2 N–H and O–H groups in total. The zero-order chi connectivity index (χ0) is 14.7. The van der Waals surface area contributed by atoms with Crippen LogP contribution in [0.3, 0.4) is 0 Å². The molecule has 21 heavy (non-hydrogen) atoms. The minimum Gasteiger partial charge on any atom is -0.355 e. The number of amides is 1. The van der Waals surface area contributed by atoms with E-state index in [1.54, 1.807) is 6.20 Å². The second-order valence-corrected chi connectivity index (χ2v) is 6.11. The van der Waals surface area contributed by atoms with Crippen LogP contribution in [0.1, 0.15) is 32.6 Å². The second kappa shape index (κ2) is 6.43. The van der Waals surface area contributed by atoms with E-state index >= 15 is 0 Å². The lowest BCUT2D eigenvalue weighted by atomic mass is 9.92. The number of aromatic nitrogens is 1. The van der Waals surface area contributed by atoms with Gasteiger partial charge in [-0.1, -0.05) is 6.92 Å². The molecule has 2 aliphatic rings. The summed E-state index contributed by atoms with van der Waals surface area (Å²) >= 11 is 0. The number of nitrogens with one attached hydrogen (secondary N) is 2. The van der Waals surface area contributed by atoms with Gasteiger partial charge < -0.3 is 15.5 Å². The Morgan fingerprint density at radius 2 is 2.19 bits per heavy atom. The zero-order valence-electron chi connectivity index (χ0n) is 12.6. The topological polar surface area (TPSA) is 57.3 Å². The number of piperidine rings is 1. The van der Waals surface area contributed by atoms with E-state index in [0.29, 0.717) is 5.92 Å². The third kappa shape index (κ3) is 3.18. The van der Waals surface area contributed by atoms with Crippen molar-refractivity contribution in [2.24, 2.45) is 5.92 Å². The van der Waals surface area contributed by atoms with Crippen molar-refractivity contribution in [2.45, 2.75) is 38.6 Å². The highest BCUT2D eigenvalue weighted by Crippen LogP contribution is 2.27. The highest BCUT2D eigenvalue weighted by Gasteiger charge is 2.28. The van der Waals surface area contributed by atoms with Gasteiger partial charge >= 0.3 is 0 Å². The molecular weight excluding hydrogens is 264 g/mol. The number of carbonyl (C=O) groups is 1. The number of pyridine rings is 1. The summed E-state index contributed by atoms with van der Waals surface area (Å²) in [7, 11) is 0. The van der Waals surface area contributed by atoms with Gasteiger partial charge in [-0.2, -0.15) is 0 Å². The highest BCUT2D eigenvalue weighted by molar-refractivity contribution is 5.97. The quantitative estimate of drug-likeness (QED) is 0.893. The average molecular weight is 288 g/mol. The van der Waals surface area contributed by atoms with E-state index in [0.717, 1.165) is 44.0 Å². The largest absolute Gasteiger partial charge is 0.355 e. The maximum atomic E-state index is 12.5. The molecule has 0 bridgehead atoms. The average Bonchev–Trinajstić information content (AvgIpc) is 3.02. The maximum absolute atomic E-state index is 12.5. The van der Waals surface area contributed by atoms with Crippen LogP contribution >= 0.6 is 0 Å². The van der Waals surface area contributed by atoms with Gasteiger partial charge in [0.25, 0.3) is 0 Å². The van der Waals surface area contributed by atoms with Crippen LogP contribution in [0.5, 0.6) is 0 Å². The Morgan fingerprint density at radius 1 is 1.38 bits per heavy atom. The van der Waals surface area contributed by atoms with Crippen molar-refractivity contribution < 1.29 is 4.79 Å². The summed E-state index contributed by atoms with van der Waals surface area (Å²) in [5.74, 6) is 1.35. The molecule has 1 aromatic rings. The molecule has 2 aliphatic heterocycles. The van der Waals surface area contributed by atoms with Crippen LogP contribution in [-0.4, -0.2) is 36.6 Å². The fourth-order valence-corrected chi connectivity index (χ4v) is 3.29. The second-order valence-electron chi connectivity index (χ2n) is 6.11. The van der Waals surface area contributed by atoms with Crippen LogP contribution in [0.2, 0.25) is 0 Å². The molecular formula is C16H24N4O. The minimum atomic E-state index is -0.0922. The number of hydrogen-bond donors (Lipinski definition) is 2. The van der Waals surface area contributed by atoms with E-state index in [4.69, 9.17) is 0 Å². The molecule has 5 heteroatoms. The van der Waals surface area contributed by atoms with Gasteiger partial charge in [0.2, 0.25) is 5.91 Å². The van der Waals surface area contributed by atoms with Gasteiger partial charge in [0, 0.05) is 19.3 Å². The van der Waals surface area contributed by atoms with Crippen molar-refractivity contribution in [1.29, 1.82) is 0 Å². The molecule has 1 amide bonds. The smallest absolute Gasteiger partial charge is 0.241 e. The third-order valence-corrected chi connectivity index (χ3v) is 4.50. The lowest BCUT2D eigenvalue weighted by Crippen LogP contribution is -2.48. The fourth-order valence-electron chi connectivity index (χ4n) is 3.29. The van der Waals surface area contributed by atoms with Crippen molar-refractivity contribution >= 4 is 17.4 Å². The van der Waals surface area contributed by atoms with Crippen LogP contribution in [-0.2, 0) is 4.79 Å². The fraction of sp³-hybridized carbons (Fsp3) is 0.625. The molecule has 0 radical (unpaired) electrons. The molecule has 3 rings (SSSR count). The van der Waals surface area contributed by atoms with Crippen LogP contribution < -0.4 is 15.5 Å². The van der Waals surface area contributed by atoms with E-state index in [2.05, 4.69) is 27.4 Å². The van der Waals surface area contributed by atoms with E-state index in [1.807, 2.05) is 12.1 Å². The molecule has 5 nitrogen and oxygen atoms in total. The Labute approximate surface area is 126 Å². The van der Waals surface area contributed by atoms with Crippen molar-refractivity contribution in [3.05, 3.63) is 18.3 Å². The van der Waals surface area contributed by atoms with Crippen molar-refractivity contribution in [2.75, 3.05) is 29.9 Å². The first kappa shape index (κ1) is 14.3. The van der Waals surface area contributed by atoms with Gasteiger partial charge in [0.1, 0.15) is 0 Å². The monoisotopic (exact) mass is 288 g/mol. The van der Waals surface area contributed by atoms with Crippen molar-refractivity contribution in [3.8, 4) is 0 Å². The molecule has 3 heterocycles. The summed E-state index contributed by atoms with van der Waals surface area (Å²) < 4.78 is 0. The maximum Gasteiger partial charge on any atom is 0.241 e. The van der Waals surface area contributed by atoms with Gasteiger partial charge in [0.05, 0.1) is 11.7 Å². The summed E-state index contributed by atoms with van der Waals surface area (Å²) in [6.07, 6.45) is 6.45. The van der Waals surface area contributed by atoms with E-state index in [9.17, 15) is 4.79 Å². The zero-order valence-corrected chi connectivity index (χ0v) is 12.6. The van der Waals surface area contributed by atoms with Crippen LogP contribution in [0, 0.1) is 5.92 Å². The predicted molar refractivity (Wildman–Crippen MR) is 84.5 cm³/mol. The molecule has 2 fully saturated rings. The molecule has 1 aromatic heterocycles. The van der Waals surface area contributed by atoms with Gasteiger partial charge in [-0.15, -0.1) is 0 Å². The molecule has 0 aliphatic carbocycles. The Morgan fingerprint density at radius 3 is 2.95 bits per heavy atom. The Hall–Kier alpha value is -1.62. The molecule has 0 saturated carbocycles. The molecule has 2 atom stereocenters. The van der Waals surface area contributed by atoms with Crippen LogP contribution in [0.25, 0.3) is 0 Å². The van der Waals surface area contributed by atoms with Gasteiger partial charge in [0.15, 0.2) is 5.82 Å². The minimum absolute atomic E-state index is 0.0654. The normalized spacial score (nSPS) is 25.9. The molecule has 2 saturated heterocycles. The summed E-state index contributed by atoms with van der Waals surface area (Å²) in [5.41, 5.74) is 0.837. The lowest BCUT2D eigenvalue weighted by molar-refractivity contribution is -0.119. The Balaban J connectivity index is 1.73. The third-order valence-electron chi connectivity index (χ3n) is 4.50. The van der Waals surface area contributed by atoms with Crippen LogP contribution in [0.15, 0.2) is 18.3 Å². The van der Waals surface area contributed by atoms with Crippen LogP contribution in [0.4, 0.5) is 11.5 Å². The Kier molecular flexibility index (Phi) is 4.39. The number of hydrogen-bond acceptors (Lipinski definition) is 4. The summed E-state index contributed by atoms with van der Waals surface area (Å²) in [5, 5.41) is 6.41. The molecule has 0 aromatic carbocycles. The van der Waals surface area contributed by atoms with Gasteiger partial charge in [-0.25, -0.2) is 4.98 Å². The van der Waals surface area contributed by atoms with Crippen molar-refractivity contribution in [1.82, 2.24) is 10.3 Å². The SMILES string of the molecule is CC1CCCNC1C(=O)Nc1cccnc1N1CCCC1. The summed E-state index contributed by atoms with van der Waals surface area (Å²) in [6.45, 7) is 5.12. The van der Waals surface area contributed by atoms with Gasteiger partial charge in [-0.3, -0.25) is 4.79 Å². The molecule has 0 spiro atoms. The van der Waals surface area contributed by atoms with E-state index < -0.39 is 0 Å². The predicted octanol–water partition coefficient (Wildman–Crippen LogP) is 2.01. The first-order valence-electron chi connectivity index (χ1n) is 8.00. The van der Waals surface area contributed by atoms with Crippen molar-refractivity contribution in [3.63, 3.8) is 0 Å². The first-order valence-corrected chi connectivity index (χ1v) is 8.00. The van der Waals surface area contributed by atoms with E-state index in [1.165, 1.54) is 12.8 Å². The summed E-state index contributed by atoms with van der Waals surface area (Å²) in [6, 6.07) is 3.74. The first-order chi connectivity index (χ1) is 10.3. The number of anilines is 2. The standard InChI is InChI=1S/C16H24N4O/c1-12-6-4-8-17-14(12)16(21)19-13-7-5-9-18-15(13)20-10-2-3-11-20/h5,7,9,12,14,17H,2-4,6,8,10-11H2,1H3,(H,19,21). The lowest BCUT2D eigenvalue weighted by Gasteiger charge is -2.29. The Bertz CT molecular complexity index is 499. The van der Waals surface area contributed by atoms with E-state index in [-0.39, 0.29) is 11.9 Å². The highest BCUT2D eigenvalue weighted by atomic mass is 16.2. The van der Waals surface area contributed by atoms with Gasteiger partial charge in [-0.05, 0) is 50.3 Å². The number of carbonyl (C=O) groups excluding carboxylic acids is 1.